The number of rotatable bonds is 5. The van der Waals surface area contributed by atoms with Crippen LogP contribution in [0.1, 0.15) is 23.7 Å². The fourth-order valence-corrected chi connectivity index (χ4v) is 2.64. The average molecular weight is 305 g/mol. The molecule has 2 amide bonds. The molecule has 1 atom stereocenters. The monoisotopic (exact) mass is 305 g/mol. The van der Waals surface area contributed by atoms with Crippen LogP contribution >= 0.6 is 11.3 Å². The molecule has 6 heteroatoms. The normalized spacial score (nSPS) is 13.5. The van der Waals surface area contributed by atoms with Crippen molar-refractivity contribution in [2.45, 2.75) is 26.0 Å². The van der Waals surface area contributed by atoms with Crippen molar-refractivity contribution in [1.82, 2.24) is 15.6 Å². The molecule has 0 spiro atoms. The first-order valence-electron chi connectivity index (χ1n) is 6.66. The molecular formula is C15H19N3O2S. The smallest absolute Gasteiger partial charge is 0.315 e. The van der Waals surface area contributed by atoms with Crippen LogP contribution in [0.15, 0.2) is 35.2 Å². The van der Waals surface area contributed by atoms with Crippen LogP contribution in [0.3, 0.4) is 0 Å². The summed E-state index contributed by atoms with van der Waals surface area (Å²) < 4.78 is 0. The van der Waals surface area contributed by atoms with Gasteiger partial charge in [0.05, 0.1) is 18.8 Å². The summed E-state index contributed by atoms with van der Waals surface area (Å²) in [7, 11) is 0. The fraction of sp³-hybridized carbons (Fsp3) is 0.333. The van der Waals surface area contributed by atoms with E-state index < -0.39 is 5.60 Å². The van der Waals surface area contributed by atoms with Crippen LogP contribution in [0.4, 0.5) is 4.79 Å². The number of aliphatic hydroxyl groups is 1. The van der Waals surface area contributed by atoms with E-state index in [1.54, 1.807) is 13.1 Å². The molecule has 2 rings (SSSR count). The number of nitrogens with zero attached hydrogens (tertiary/aromatic N) is 1. The first-order valence-corrected chi connectivity index (χ1v) is 7.60. The van der Waals surface area contributed by atoms with Crippen LogP contribution in [0.25, 0.3) is 0 Å². The quantitative estimate of drug-likeness (QED) is 0.792. The summed E-state index contributed by atoms with van der Waals surface area (Å²) in [6, 6.07) is 5.33. The zero-order valence-electron chi connectivity index (χ0n) is 12.1. The van der Waals surface area contributed by atoms with E-state index in [2.05, 4.69) is 15.6 Å². The van der Waals surface area contributed by atoms with E-state index in [1.165, 1.54) is 11.3 Å². The summed E-state index contributed by atoms with van der Waals surface area (Å²) in [5.74, 6) is 0. The van der Waals surface area contributed by atoms with Crippen molar-refractivity contribution in [2.24, 2.45) is 0 Å². The van der Waals surface area contributed by atoms with E-state index in [9.17, 15) is 9.90 Å². The first kappa shape index (κ1) is 15.5. The number of urea groups is 1. The predicted octanol–water partition coefficient (Wildman–Crippen LogP) is 2.16. The summed E-state index contributed by atoms with van der Waals surface area (Å²) in [4.78, 5) is 16.0. The van der Waals surface area contributed by atoms with E-state index in [0.717, 1.165) is 16.8 Å². The predicted molar refractivity (Wildman–Crippen MR) is 83.1 cm³/mol. The Hall–Kier alpha value is -1.92. The van der Waals surface area contributed by atoms with E-state index in [0.29, 0.717) is 6.54 Å². The number of carbonyl (C=O) groups excluding carboxylic acids is 1. The van der Waals surface area contributed by atoms with Crippen LogP contribution in [-0.4, -0.2) is 22.7 Å². The van der Waals surface area contributed by atoms with Crippen molar-refractivity contribution in [3.8, 4) is 0 Å². The minimum atomic E-state index is -1.07. The van der Waals surface area contributed by atoms with E-state index in [1.807, 2.05) is 35.9 Å². The van der Waals surface area contributed by atoms with Crippen LogP contribution < -0.4 is 10.6 Å². The summed E-state index contributed by atoms with van der Waals surface area (Å²) in [6.07, 6.45) is 1.70. The zero-order valence-corrected chi connectivity index (χ0v) is 12.9. The molecule has 3 N–H and O–H groups in total. The Balaban J connectivity index is 1.82. The first-order chi connectivity index (χ1) is 9.99. The van der Waals surface area contributed by atoms with E-state index >= 15 is 0 Å². The lowest BCUT2D eigenvalue weighted by Gasteiger charge is -2.22. The topological polar surface area (TPSA) is 74.2 Å². The van der Waals surface area contributed by atoms with Gasteiger partial charge >= 0.3 is 6.03 Å². The standard InChI is InChI=1S/C15H19N3O2S/c1-11-4-3-6-16-13(11)8-17-14(19)18-10-15(2,20)12-5-7-21-9-12/h3-7,9,20H,8,10H2,1-2H3,(H2,17,18,19). The Morgan fingerprint density at radius 2 is 2.24 bits per heavy atom. The second-order valence-electron chi connectivity index (χ2n) is 5.09. The van der Waals surface area contributed by atoms with Gasteiger partial charge in [-0.3, -0.25) is 4.98 Å². The van der Waals surface area contributed by atoms with E-state index in [-0.39, 0.29) is 12.6 Å². The van der Waals surface area contributed by atoms with Gasteiger partial charge in [0.25, 0.3) is 0 Å². The van der Waals surface area contributed by atoms with Crippen molar-refractivity contribution in [2.75, 3.05) is 6.54 Å². The van der Waals surface area contributed by atoms with Gasteiger partial charge in [0.2, 0.25) is 0 Å². The maximum Gasteiger partial charge on any atom is 0.315 e. The number of carbonyl (C=O) groups is 1. The minimum absolute atomic E-state index is 0.150. The molecule has 112 valence electrons. The molecule has 0 saturated heterocycles. The van der Waals surface area contributed by atoms with Crippen LogP contribution in [-0.2, 0) is 12.1 Å². The molecule has 0 aliphatic rings. The number of nitrogens with one attached hydrogen (secondary N) is 2. The Kier molecular flexibility index (Phi) is 4.93. The van der Waals surface area contributed by atoms with Crippen LogP contribution in [0, 0.1) is 6.92 Å². The summed E-state index contributed by atoms with van der Waals surface area (Å²) in [6.45, 7) is 4.14. The molecular weight excluding hydrogens is 286 g/mol. The molecule has 0 bridgehead atoms. The Labute approximate surface area is 128 Å². The molecule has 2 aromatic heterocycles. The highest BCUT2D eigenvalue weighted by molar-refractivity contribution is 7.08. The van der Waals surface area contributed by atoms with Gasteiger partial charge in [-0.2, -0.15) is 11.3 Å². The SMILES string of the molecule is Cc1cccnc1CNC(=O)NCC(C)(O)c1ccsc1. The molecule has 1 unspecified atom stereocenters. The number of aromatic nitrogens is 1. The molecule has 2 heterocycles. The van der Waals surface area contributed by atoms with Gasteiger partial charge in [0, 0.05) is 6.20 Å². The Morgan fingerprint density at radius 1 is 1.43 bits per heavy atom. The van der Waals surface area contributed by atoms with Crippen molar-refractivity contribution >= 4 is 17.4 Å². The molecule has 5 nitrogen and oxygen atoms in total. The van der Waals surface area contributed by atoms with Gasteiger partial charge in [-0.05, 0) is 47.9 Å². The molecule has 0 radical (unpaired) electrons. The highest BCUT2D eigenvalue weighted by atomic mass is 32.1. The number of hydrogen-bond acceptors (Lipinski definition) is 4. The minimum Gasteiger partial charge on any atom is -0.384 e. The lowest BCUT2D eigenvalue weighted by Crippen LogP contribution is -2.43. The van der Waals surface area contributed by atoms with Gasteiger partial charge in [0.1, 0.15) is 5.60 Å². The maximum absolute atomic E-state index is 11.8. The third-order valence-electron chi connectivity index (χ3n) is 3.27. The highest BCUT2D eigenvalue weighted by Crippen LogP contribution is 2.21. The molecule has 0 fully saturated rings. The lowest BCUT2D eigenvalue weighted by atomic mass is 9.99. The van der Waals surface area contributed by atoms with Gasteiger partial charge < -0.3 is 15.7 Å². The number of thiophene rings is 1. The third kappa shape index (κ3) is 4.27. The number of aryl methyl sites for hydroxylation is 1. The third-order valence-corrected chi connectivity index (χ3v) is 3.95. The van der Waals surface area contributed by atoms with Gasteiger partial charge in [-0.25, -0.2) is 4.79 Å². The second-order valence-corrected chi connectivity index (χ2v) is 5.87. The lowest BCUT2D eigenvalue weighted by molar-refractivity contribution is 0.0598. The molecule has 0 aromatic carbocycles. The van der Waals surface area contributed by atoms with Crippen molar-refractivity contribution in [3.05, 3.63) is 52.0 Å². The van der Waals surface area contributed by atoms with Crippen molar-refractivity contribution in [1.29, 1.82) is 0 Å². The average Bonchev–Trinajstić information content (AvgIpc) is 2.99. The van der Waals surface area contributed by atoms with Crippen molar-refractivity contribution < 1.29 is 9.90 Å². The maximum atomic E-state index is 11.8. The zero-order chi connectivity index (χ0) is 15.3. The number of amides is 2. The van der Waals surface area contributed by atoms with Crippen LogP contribution in [0.2, 0.25) is 0 Å². The second kappa shape index (κ2) is 6.69. The van der Waals surface area contributed by atoms with Crippen LogP contribution in [0.5, 0.6) is 0 Å². The molecule has 0 saturated carbocycles. The summed E-state index contributed by atoms with van der Waals surface area (Å²) in [5.41, 5.74) is 1.59. The largest absolute Gasteiger partial charge is 0.384 e. The number of hydrogen-bond donors (Lipinski definition) is 3. The summed E-state index contributed by atoms with van der Waals surface area (Å²) >= 11 is 1.51. The molecule has 0 aliphatic carbocycles. The van der Waals surface area contributed by atoms with Gasteiger partial charge in [-0.1, -0.05) is 6.07 Å². The molecule has 0 aliphatic heterocycles. The Bertz CT molecular complexity index is 597. The van der Waals surface area contributed by atoms with E-state index in [4.69, 9.17) is 0 Å². The highest BCUT2D eigenvalue weighted by Gasteiger charge is 2.24. The molecule has 21 heavy (non-hydrogen) atoms. The van der Waals surface area contributed by atoms with Gasteiger partial charge in [-0.15, -0.1) is 0 Å². The summed E-state index contributed by atoms with van der Waals surface area (Å²) in [5, 5.41) is 19.5. The Morgan fingerprint density at radius 3 is 2.90 bits per heavy atom. The molecule has 2 aromatic rings. The van der Waals surface area contributed by atoms with Crippen molar-refractivity contribution in [3.63, 3.8) is 0 Å². The fourth-order valence-electron chi connectivity index (χ4n) is 1.86. The number of pyridine rings is 1. The van der Waals surface area contributed by atoms with Gasteiger partial charge in [0.15, 0.2) is 0 Å².